The number of amides is 2. The van der Waals surface area contributed by atoms with Gasteiger partial charge in [0.2, 0.25) is 5.91 Å². The van der Waals surface area contributed by atoms with Crippen LogP contribution in [0.3, 0.4) is 0 Å². The molecular formula is C19H18N4O4. The van der Waals surface area contributed by atoms with Gasteiger partial charge in [0.15, 0.2) is 0 Å². The van der Waals surface area contributed by atoms with Crippen molar-refractivity contribution in [2.24, 2.45) is 5.92 Å². The fraction of sp³-hybridized carbons (Fsp3) is 0.316. The van der Waals surface area contributed by atoms with Crippen LogP contribution in [0.2, 0.25) is 0 Å². The van der Waals surface area contributed by atoms with Crippen molar-refractivity contribution in [3.8, 4) is 0 Å². The number of nitrogens with one attached hydrogen (secondary N) is 2. The van der Waals surface area contributed by atoms with Gasteiger partial charge in [-0.2, -0.15) is 0 Å². The summed E-state index contributed by atoms with van der Waals surface area (Å²) in [4.78, 5) is 39.8. The lowest BCUT2D eigenvalue weighted by Crippen LogP contribution is -2.18. The van der Waals surface area contributed by atoms with Crippen LogP contribution in [0.25, 0.3) is 0 Å². The van der Waals surface area contributed by atoms with E-state index in [1.54, 1.807) is 0 Å². The lowest BCUT2D eigenvalue weighted by atomic mass is 9.85. The summed E-state index contributed by atoms with van der Waals surface area (Å²) in [5, 5.41) is 17.0. The minimum atomic E-state index is -0.531. The van der Waals surface area contributed by atoms with Gasteiger partial charge in [-0.1, -0.05) is 12.8 Å². The Hall–Kier alpha value is -3.29. The summed E-state index contributed by atoms with van der Waals surface area (Å²) in [6, 6.07) is 5.96. The third-order valence-electron chi connectivity index (χ3n) is 5.30. The molecule has 138 valence electrons. The summed E-state index contributed by atoms with van der Waals surface area (Å²) in [6.07, 6.45) is 6.99. The zero-order valence-electron chi connectivity index (χ0n) is 14.5. The number of anilines is 2. The van der Waals surface area contributed by atoms with Gasteiger partial charge in [0.1, 0.15) is 5.69 Å². The fourth-order valence-corrected chi connectivity index (χ4v) is 4.03. The Morgan fingerprint density at radius 2 is 1.93 bits per heavy atom. The minimum Gasteiger partial charge on any atom is -0.325 e. The zero-order chi connectivity index (χ0) is 19.0. The highest BCUT2D eigenvalue weighted by Gasteiger charge is 2.39. The van der Waals surface area contributed by atoms with Crippen LogP contribution in [0.15, 0.2) is 36.7 Å². The molecule has 0 saturated heterocycles. The van der Waals surface area contributed by atoms with Crippen LogP contribution in [-0.4, -0.2) is 21.7 Å². The highest BCUT2D eigenvalue weighted by Crippen LogP contribution is 2.46. The molecule has 4 rings (SSSR count). The van der Waals surface area contributed by atoms with Crippen molar-refractivity contribution in [1.29, 1.82) is 0 Å². The number of carbonyl (C=O) groups excluding carboxylic acids is 2. The second kappa shape index (κ2) is 6.79. The molecule has 2 N–H and O–H groups in total. The Kier molecular flexibility index (Phi) is 4.31. The van der Waals surface area contributed by atoms with E-state index in [0.717, 1.165) is 25.7 Å². The summed E-state index contributed by atoms with van der Waals surface area (Å²) in [7, 11) is 0. The molecule has 1 fully saturated rings. The van der Waals surface area contributed by atoms with Crippen LogP contribution in [0.5, 0.6) is 0 Å². The number of aromatic nitrogens is 1. The monoisotopic (exact) mass is 366 g/mol. The van der Waals surface area contributed by atoms with Gasteiger partial charge in [-0.05, 0) is 42.5 Å². The van der Waals surface area contributed by atoms with Gasteiger partial charge in [-0.3, -0.25) is 24.7 Å². The van der Waals surface area contributed by atoms with Crippen molar-refractivity contribution in [3.63, 3.8) is 0 Å². The first-order chi connectivity index (χ1) is 13.0. The molecule has 2 amide bonds. The van der Waals surface area contributed by atoms with Gasteiger partial charge in [0.25, 0.3) is 11.6 Å². The van der Waals surface area contributed by atoms with E-state index >= 15 is 0 Å². The number of nitrogens with zero attached hydrogens (tertiary/aromatic N) is 2. The third-order valence-corrected chi connectivity index (χ3v) is 5.30. The fourth-order valence-electron chi connectivity index (χ4n) is 4.03. The van der Waals surface area contributed by atoms with E-state index in [1.165, 1.54) is 36.7 Å². The average Bonchev–Trinajstić information content (AvgIpc) is 3.28. The van der Waals surface area contributed by atoms with Crippen molar-refractivity contribution in [3.05, 3.63) is 57.9 Å². The molecule has 2 heterocycles. The summed E-state index contributed by atoms with van der Waals surface area (Å²) < 4.78 is 0. The molecular weight excluding hydrogens is 348 g/mol. The van der Waals surface area contributed by atoms with Gasteiger partial charge in [0, 0.05) is 29.7 Å². The quantitative estimate of drug-likeness (QED) is 0.635. The highest BCUT2D eigenvalue weighted by molar-refractivity contribution is 6.08. The number of nitro benzene ring substituents is 1. The number of hydrogen-bond donors (Lipinski definition) is 2. The van der Waals surface area contributed by atoms with Crippen molar-refractivity contribution in [2.75, 3.05) is 10.6 Å². The maximum atomic E-state index is 12.5. The summed E-state index contributed by atoms with van der Waals surface area (Å²) in [5.41, 5.74) is 1.38. The van der Waals surface area contributed by atoms with E-state index in [0.29, 0.717) is 16.8 Å². The Morgan fingerprint density at radius 3 is 2.59 bits per heavy atom. The minimum absolute atomic E-state index is 0.0629. The first-order valence-corrected chi connectivity index (χ1v) is 8.89. The molecule has 2 aromatic rings. The highest BCUT2D eigenvalue weighted by atomic mass is 16.6. The summed E-state index contributed by atoms with van der Waals surface area (Å²) >= 11 is 0. The second-order valence-corrected chi connectivity index (χ2v) is 6.92. The largest absolute Gasteiger partial charge is 0.325 e. The molecule has 1 aliphatic carbocycles. The van der Waals surface area contributed by atoms with E-state index in [9.17, 15) is 19.7 Å². The standard InChI is InChI=1S/C19H18N4O4/c24-18(12-5-7-20-8-6-12)22-15-10-14-13(9-16(15)23(26)27)17(19(25)21-14)11-3-1-2-4-11/h5-11,17H,1-4H2,(H,21,25)(H,22,24). The number of nitro groups is 1. The number of fused-ring (bicyclic) bond motifs is 1. The van der Waals surface area contributed by atoms with Crippen molar-refractivity contribution in [1.82, 2.24) is 4.98 Å². The second-order valence-electron chi connectivity index (χ2n) is 6.92. The SMILES string of the molecule is O=C(Nc1cc2c(cc1[N+](=O)[O-])C(C1CCCC1)C(=O)N2)c1ccncc1. The molecule has 1 aromatic heterocycles. The van der Waals surface area contributed by atoms with E-state index in [1.807, 2.05) is 0 Å². The first-order valence-electron chi connectivity index (χ1n) is 8.89. The van der Waals surface area contributed by atoms with Gasteiger partial charge >= 0.3 is 0 Å². The van der Waals surface area contributed by atoms with Crippen LogP contribution in [0, 0.1) is 16.0 Å². The van der Waals surface area contributed by atoms with Crippen LogP contribution >= 0.6 is 0 Å². The van der Waals surface area contributed by atoms with Crippen LogP contribution in [-0.2, 0) is 4.79 Å². The normalized spacial score (nSPS) is 18.8. The van der Waals surface area contributed by atoms with Gasteiger partial charge < -0.3 is 10.6 Å². The van der Waals surface area contributed by atoms with Crippen molar-refractivity contribution < 1.29 is 14.5 Å². The number of carbonyl (C=O) groups is 2. The topological polar surface area (TPSA) is 114 Å². The van der Waals surface area contributed by atoms with Crippen molar-refractivity contribution >= 4 is 28.9 Å². The Balaban J connectivity index is 1.70. The molecule has 1 unspecified atom stereocenters. The van der Waals surface area contributed by atoms with E-state index in [4.69, 9.17) is 0 Å². The molecule has 0 spiro atoms. The lowest BCUT2D eigenvalue weighted by Gasteiger charge is -2.16. The molecule has 27 heavy (non-hydrogen) atoms. The van der Waals surface area contributed by atoms with Crippen LogP contribution in [0.4, 0.5) is 17.1 Å². The summed E-state index contributed by atoms with van der Waals surface area (Å²) in [6.45, 7) is 0. The van der Waals surface area contributed by atoms with E-state index in [-0.39, 0.29) is 29.1 Å². The molecule has 1 atom stereocenters. The van der Waals surface area contributed by atoms with Gasteiger partial charge in [-0.25, -0.2) is 0 Å². The van der Waals surface area contributed by atoms with E-state index < -0.39 is 10.8 Å². The number of hydrogen-bond acceptors (Lipinski definition) is 5. The molecule has 0 bridgehead atoms. The van der Waals surface area contributed by atoms with Gasteiger partial charge in [0.05, 0.1) is 10.8 Å². The van der Waals surface area contributed by atoms with Crippen molar-refractivity contribution in [2.45, 2.75) is 31.6 Å². The summed E-state index contributed by atoms with van der Waals surface area (Å²) in [5.74, 6) is -0.741. The number of rotatable bonds is 4. The molecule has 1 aromatic carbocycles. The molecule has 1 saturated carbocycles. The van der Waals surface area contributed by atoms with Gasteiger partial charge in [-0.15, -0.1) is 0 Å². The molecule has 8 heteroatoms. The van der Waals surface area contributed by atoms with Crippen LogP contribution < -0.4 is 10.6 Å². The molecule has 0 radical (unpaired) electrons. The molecule has 2 aliphatic rings. The Labute approximate surface area is 155 Å². The maximum Gasteiger partial charge on any atom is 0.293 e. The Morgan fingerprint density at radius 1 is 1.22 bits per heavy atom. The number of pyridine rings is 1. The van der Waals surface area contributed by atoms with Crippen LogP contribution in [0.1, 0.15) is 47.5 Å². The molecule has 1 aliphatic heterocycles. The smallest absolute Gasteiger partial charge is 0.293 e. The predicted octanol–water partition coefficient (Wildman–Crippen LogP) is 3.47. The zero-order valence-corrected chi connectivity index (χ0v) is 14.5. The maximum absolute atomic E-state index is 12.5. The third kappa shape index (κ3) is 3.14. The average molecular weight is 366 g/mol. The molecule has 8 nitrogen and oxygen atoms in total. The first kappa shape index (κ1) is 17.1. The lowest BCUT2D eigenvalue weighted by molar-refractivity contribution is -0.384. The Bertz CT molecular complexity index is 923. The number of benzene rings is 1. The van der Waals surface area contributed by atoms with E-state index in [2.05, 4.69) is 15.6 Å². The predicted molar refractivity (Wildman–Crippen MR) is 98.6 cm³/mol.